The van der Waals surface area contributed by atoms with Crippen LogP contribution in [-0.4, -0.2) is 39.4 Å². The van der Waals surface area contributed by atoms with Gasteiger partial charge in [0.2, 0.25) is 0 Å². The van der Waals surface area contributed by atoms with Crippen LogP contribution in [0.5, 0.6) is 0 Å². The Hall–Kier alpha value is -0.420. The normalized spacial score (nSPS) is 17.4. The van der Waals surface area contributed by atoms with Crippen molar-refractivity contribution in [2.75, 3.05) is 12.8 Å². The molecule has 0 saturated heterocycles. The molecule has 0 aromatic heterocycles. The average molecular weight is 235 g/mol. The number of carboxylic acid groups (broad SMARTS) is 1. The highest BCUT2D eigenvalue weighted by Gasteiger charge is 2.20. The summed E-state index contributed by atoms with van der Waals surface area (Å²) in [6.07, 6.45) is 2.40. The minimum Gasteiger partial charge on any atom is -0.480 e. The molecule has 15 heavy (non-hydrogen) atoms. The molecule has 0 aliphatic carbocycles. The summed E-state index contributed by atoms with van der Waals surface area (Å²) in [7, 11) is -0.834. The van der Waals surface area contributed by atoms with Crippen LogP contribution in [0.15, 0.2) is 0 Å². The summed E-state index contributed by atoms with van der Waals surface area (Å²) in [5, 5.41) is 12.0. The molecule has 0 heterocycles. The first-order valence-corrected chi connectivity index (χ1v) is 6.76. The second kappa shape index (κ2) is 6.95. The summed E-state index contributed by atoms with van der Waals surface area (Å²) in [5.41, 5.74) is 0. The van der Waals surface area contributed by atoms with E-state index in [9.17, 15) is 9.00 Å². The number of aliphatic carboxylic acids is 1. The third kappa shape index (κ3) is 5.89. The van der Waals surface area contributed by atoms with Gasteiger partial charge < -0.3 is 10.4 Å². The van der Waals surface area contributed by atoms with Crippen molar-refractivity contribution >= 4 is 16.8 Å². The smallest absolute Gasteiger partial charge is 0.320 e. The Balaban J connectivity index is 3.92. The van der Waals surface area contributed by atoms with Gasteiger partial charge in [-0.05, 0) is 18.9 Å². The van der Waals surface area contributed by atoms with Crippen molar-refractivity contribution in [3.05, 3.63) is 0 Å². The summed E-state index contributed by atoms with van der Waals surface area (Å²) in [6.45, 7) is 6.24. The molecule has 3 atom stereocenters. The molecule has 90 valence electrons. The van der Waals surface area contributed by atoms with Crippen molar-refractivity contribution in [2.24, 2.45) is 5.92 Å². The van der Waals surface area contributed by atoms with Gasteiger partial charge in [0, 0.05) is 22.3 Å². The first-order valence-electron chi connectivity index (χ1n) is 5.14. The van der Waals surface area contributed by atoms with Crippen molar-refractivity contribution in [2.45, 2.75) is 38.5 Å². The van der Waals surface area contributed by atoms with Crippen LogP contribution in [0, 0.1) is 5.92 Å². The minimum atomic E-state index is -0.834. The molecule has 4 nitrogen and oxygen atoms in total. The van der Waals surface area contributed by atoms with Crippen LogP contribution in [0.3, 0.4) is 0 Å². The van der Waals surface area contributed by atoms with Crippen molar-refractivity contribution in [3.8, 4) is 0 Å². The van der Waals surface area contributed by atoms with Gasteiger partial charge in [0.15, 0.2) is 0 Å². The van der Waals surface area contributed by atoms with Gasteiger partial charge in [0.05, 0.1) is 0 Å². The van der Waals surface area contributed by atoms with Crippen molar-refractivity contribution < 1.29 is 14.1 Å². The lowest BCUT2D eigenvalue weighted by atomic mass is 10.0. The third-order valence-corrected chi connectivity index (χ3v) is 3.78. The van der Waals surface area contributed by atoms with Crippen LogP contribution >= 0.6 is 0 Å². The highest BCUT2D eigenvalue weighted by atomic mass is 32.2. The lowest BCUT2D eigenvalue weighted by Crippen LogP contribution is -2.42. The third-order valence-electron chi connectivity index (χ3n) is 2.41. The topological polar surface area (TPSA) is 66.4 Å². The maximum Gasteiger partial charge on any atom is 0.320 e. The number of hydrogen-bond acceptors (Lipinski definition) is 3. The zero-order valence-electron chi connectivity index (χ0n) is 9.82. The number of rotatable bonds is 7. The molecule has 0 aliphatic heterocycles. The Morgan fingerprint density at radius 2 is 1.93 bits per heavy atom. The van der Waals surface area contributed by atoms with Crippen LogP contribution < -0.4 is 5.32 Å². The van der Waals surface area contributed by atoms with E-state index in [1.165, 1.54) is 0 Å². The van der Waals surface area contributed by atoms with Gasteiger partial charge in [-0.2, -0.15) is 0 Å². The van der Waals surface area contributed by atoms with Gasteiger partial charge in [0.25, 0.3) is 0 Å². The fourth-order valence-corrected chi connectivity index (χ4v) is 1.67. The quantitative estimate of drug-likeness (QED) is 0.686. The molecule has 0 fully saturated rings. The standard InChI is InChI=1S/C10H21NO3S/c1-7(2)9(10(12)13)11-6-5-8(3)15(4)14/h7-9,11H,5-6H2,1-4H3,(H,12,13). The predicted octanol–water partition coefficient (Wildman–Crippen LogP) is 0.842. The lowest BCUT2D eigenvalue weighted by molar-refractivity contribution is -0.140. The fourth-order valence-electron chi connectivity index (χ4n) is 1.22. The van der Waals surface area contributed by atoms with Gasteiger partial charge in [-0.15, -0.1) is 0 Å². The van der Waals surface area contributed by atoms with E-state index in [1.807, 2.05) is 20.8 Å². The van der Waals surface area contributed by atoms with E-state index in [-0.39, 0.29) is 11.2 Å². The van der Waals surface area contributed by atoms with E-state index in [0.717, 1.165) is 6.42 Å². The van der Waals surface area contributed by atoms with Crippen molar-refractivity contribution in [1.29, 1.82) is 0 Å². The lowest BCUT2D eigenvalue weighted by Gasteiger charge is -2.18. The average Bonchev–Trinajstić information content (AvgIpc) is 2.10. The Labute approximate surface area is 93.9 Å². The van der Waals surface area contributed by atoms with Crippen LogP contribution in [0.4, 0.5) is 0 Å². The van der Waals surface area contributed by atoms with Crippen LogP contribution in [-0.2, 0) is 15.6 Å². The fraction of sp³-hybridized carbons (Fsp3) is 0.900. The SMILES string of the molecule is CC(C)C(NCCC(C)S(C)=O)C(=O)O. The molecule has 0 aromatic rings. The van der Waals surface area contributed by atoms with Gasteiger partial charge in [0.1, 0.15) is 6.04 Å². The molecular weight excluding hydrogens is 214 g/mol. The zero-order chi connectivity index (χ0) is 12.0. The first-order chi connectivity index (χ1) is 6.86. The molecule has 0 saturated carbocycles. The van der Waals surface area contributed by atoms with E-state index >= 15 is 0 Å². The zero-order valence-corrected chi connectivity index (χ0v) is 10.6. The Kier molecular flexibility index (Phi) is 6.76. The summed E-state index contributed by atoms with van der Waals surface area (Å²) >= 11 is 0. The maximum absolute atomic E-state index is 11.1. The van der Waals surface area contributed by atoms with Crippen LogP contribution in [0.1, 0.15) is 27.2 Å². The highest BCUT2D eigenvalue weighted by molar-refractivity contribution is 7.84. The molecular formula is C10H21NO3S. The van der Waals surface area contributed by atoms with E-state index in [0.29, 0.717) is 6.54 Å². The number of carboxylic acids is 1. The van der Waals surface area contributed by atoms with E-state index in [1.54, 1.807) is 6.26 Å². The van der Waals surface area contributed by atoms with Crippen LogP contribution in [0.2, 0.25) is 0 Å². The molecule has 0 bridgehead atoms. The number of hydrogen-bond donors (Lipinski definition) is 2. The summed E-state index contributed by atoms with van der Waals surface area (Å²) < 4.78 is 11.1. The highest BCUT2D eigenvalue weighted by Crippen LogP contribution is 2.03. The Morgan fingerprint density at radius 1 is 1.40 bits per heavy atom. The van der Waals surface area contributed by atoms with E-state index in [4.69, 9.17) is 5.11 Å². The van der Waals surface area contributed by atoms with Gasteiger partial charge in [-0.3, -0.25) is 9.00 Å². The number of nitrogens with one attached hydrogen (secondary N) is 1. The largest absolute Gasteiger partial charge is 0.480 e. The second-order valence-electron chi connectivity index (χ2n) is 4.11. The monoisotopic (exact) mass is 235 g/mol. The Bertz CT molecular complexity index is 231. The molecule has 5 heteroatoms. The first kappa shape index (κ1) is 14.6. The molecule has 0 rings (SSSR count). The molecule has 2 N–H and O–H groups in total. The molecule has 0 radical (unpaired) electrons. The Morgan fingerprint density at radius 3 is 2.27 bits per heavy atom. The summed E-state index contributed by atoms with van der Waals surface area (Å²) in [6, 6.07) is -0.512. The predicted molar refractivity (Wildman–Crippen MR) is 62.4 cm³/mol. The van der Waals surface area contributed by atoms with Crippen molar-refractivity contribution in [1.82, 2.24) is 5.32 Å². The summed E-state index contributed by atoms with van der Waals surface area (Å²) in [4.78, 5) is 10.8. The second-order valence-corrected chi connectivity index (χ2v) is 5.91. The van der Waals surface area contributed by atoms with Crippen molar-refractivity contribution in [3.63, 3.8) is 0 Å². The molecule has 0 spiro atoms. The molecule has 3 unspecified atom stereocenters. The van der Waals surface area contributed by atoms with Crippen LogP contribution in [0.25, 0.3) is 0 Å². The molecule has 0 aliphatic rings. The van der Waals surface area contributed by atoms with Gasteiger partial charge in [-0.1, -0.05) is 20.8 Å². The van der Waals surface area contributed by atoms with Gasteiger partial charge >= 0.3 is 5.97 Å². The minimum absolute atomic E-state index is 0.0601. The molecule has 0 amide bonds. The van der Waals surface area contributed by atoms with Gasteiger partial charge in [-0.25, -0.2) is 0 Å². The molecule has 0 aromatic carbocycles. The van der Waals surface area contributed by atoms with E-state index < -0.39 is 22.8 Å². The number of carbonyl (C=O) groups is 1. The van der Waals surface area contributed by atoms with E-state index in [2.05, 4.69) is 5.32 Å². The maximum atomic E-state index is 11.1. The summed E-state index contributed by atoms with van der Waals surface area (Å²) in [5.74, 6) is -0.764.